The Labute approximate surface area is 256 Å². The van der Waals surface area contributed by atoms with E-state index >= 15 is 0 Å². The summed E-state index contributed by atoms with van der Waals surface area (Å²) in [6.07, 6.45) is 5.24. The SMILES string of the molecule is COC1=C[C@]23CCCN2CCc2cc4c(cc2[C@@H]3[C@@H]1OC(=O)[C@@]1(CCC(C)(C)O[Si](C)(C)C(C)(C)C)CC(=O)O1)OCO4. The van der Waals surface area contributed by atoms with Gasteiger partial charge in [0.1, 0.15) is 5.76 Å². The molecular formula is C33H47NO8Si. The van der Waals surface area contributed by atoms with E-state index in [0.717, 1.165) is 43.7 Å². The Morgan fingerprint density at radius 2 is 1.81 bits per heavy atom. The van der Waals surface area contributed by atoms with Crippen LogP contribution in [0.1, 0.15) is 83.8 Å². The maximum atomic E-state index is 14.1. The first-order valence-corrected chi connectivity index (χ1v) is 18.6. The van der Waals surface area contributed by atoms with Crippen LogP contribution in [0.5, 0.6) is 11.5 Å². The molecular weight excluding hydrogens is 566 g/mol. The van der Waals surface area contributed by atoms with Crippen LogP contribution in [0.3, 0.4) is 0 Å². The molecule has 4 aliphatic heterocycles. The van der Waals surface area contributed by atoms with Crippen molar-refractivity contribution in [2.24, 2.45) is 0 Å². The van der Waals surface area contributed by atoms with Crippen molar-refractivity contribution in [3.05, 3.63) is 35.1 Å². The summed E-state index contributed by atoms with van der Waals surface area (Å²) in [5.74, 6) is 1.01. The van der Waals surface area contributed by atoms with Crippen LogP contribution < -0.4 is 9.47 Å². The Hall–Kier alpha value is -2.56. The molecule has 0 saturated carbocycles. The number of nitrogens with zero attached hydrogens (tertiary/aromatic N) is 1. The fourth-order valence-corrected chi connectivity index (χ4v) is 9.30. The molecule has 1 aromatic carbocycles. The summed E-state index contributed by atoms with van der Waals surface area (Å²) in [4.78, 5) is 28.9. The highest BCUT2D eigenvalue weighted by atomic mass is 28.4. The van der Waals surface area contributed by atoms with Gasteiger partial charge in [-0.3, -0.25) is 9.69 Å². The second-order valence-corrected chi connectivity index (χ2v) is 19.8. The molecule has 0 radical (unpaired) electrons. The van der Waals surface area contributed by atoms with Gasteiger partial charge in [-0.25, -0.2) is 4.79 Å². The third-order valence-corrected chi connectivity index (χ3v) is 15.5. The summed E-state index contributed by atoms with van der Waals surface area (Å²) >= 11 is 0. The molecule has 43 heavy (non-hydrogen) atoms. The average molecular weight is 614 g/mol. The van der Waals surface area contributed by atoms with E-state index in [2.05, 4.69) is 70.8 Å². The van der Waals surface area contributed by atoms with Gasteiger partial charge in [-0.1, -0.05) is 20.8 Å². The van der Waals surface area contributed by atoms with Gasteiger partial charge >= 0.3 is 11.9 Å². The Kier molecular flexibility index (Phi) is 7.25. The molecule has 5 aliphatic rings. The lowest BCUT2D eigenvalue weighted by molar-refractivity contribution is -0.213. The molecule has 9 nitrogen and oxygen atoms in total. The molecule has 0 N–H and O–H groups in total. The first kappa shape index (κ1) is 30.5. The molecule has 236 valence electrons. The van der Waals surface area contributed by atoms with Gasteiger partial charge in [0.2, 0.25) is 12.4 Å². The molecule has 0 amide bonds. The third-order valence-electron chi connectivity index (χ3n) is 10.8. The molecule has 4 heterocycles. The van der Waals surface area contributed by atoms with Crippen LogP contribution in [0, 0.1) is 0 Å². The second-order valence-electron chi connectivity index (χ2n) is 15.1. The summed E-state index contributed by atoms with van der Waals surface area (Å²) in [5, 5.41) is 0.0472. The molecule has 2 saturated heterocycles. The highest BCUT2D eigenvalue weighted by Gasteiger charge is 2.61. The number of rotatable bonds is 8. The molecule has 0 aromatic heterocycles. The highest BCUT2D eigenvalue weighted by Crippen LogP contribution is 2.56. The van der Waals surface area contributed by atoms with E-state index < -0.39 is 31.6 Å². The maximum Gasteiger partial charge on any atom is 0.351 e. The lowest BCUT2D eigenvalue weighted by Crippen LogP contribution is -2.57. The topological polar surface area (TPSA) is 92.8 Å². The van der Waals surface area contributed by atoms with E-state index in [0.29, 0.717) is 24.4 Å². The Bertz CT molecular complexity index is 1340. The van der Waals surface area contributed by atoms with Crippen molar-refractivity contribution < 1.29 is 37.7 Å². The predicted octanol–water partition coefficient (Wildman–Crippen LogP) is 5.61. The Morgan fingerprint density at radius 1 is 1.12 bits per heavy atom. The highest BCUT2D eigenvalue weighted by molar-refractivity contribution is 6.74. The number of esters is 2. The number of methoxy groups -OCH3 is 1. The number of benzene rings is 1. The fourth-order valence-electron chi connectivity index (χ4n) is 7.51. The minimum Gasteiger partial charge on any atom is -0.497 e. The van der Waals surface area contributed by atoms with E-state index in [9.17, 15) is 9.59 Å². The first-order valence-electron chi connectivity index (χ1n) is 15.7. The summed E-state index contributed by atoms with van der Waals surface area (Å²) in [6.45, 7) is 17.2. The number of ether oxygens (including phenoxy) is 5. The average Bonchev–Trinajstić information content (AvgIpc) is 3.58. The Balaban J connectivity index is 1.29. The van der Waals surface area contributed by atoms with E-state index in [4.69, 9.17) is 28.1 Å². The smallest absolute Gasteiger partial charge is 0.351 e. The van der Waals surface area contributed by atoms with Crippen molar-refractivity contribution in [3.63, 3.8) is 0 Å². The van der Waals surface area contributed by atoms with Gasteiger partial charge in [0.15, 0.2) is 25.9 Å². The largest absolute Gasteiger partial charge is 0.497 e. The number of cyclic esters (lactones) is 1. The van der Waals surface area contributed by atoms with Crippen LogP contribution >= 0.6 is 0 Å². The first-order chi connectivity index (χ1) is 20.1. The van der Waals surface area contributed by atoms with Crippen molar-refractivity contribution in [1.29, 1.82) is 0 Å². The second kappa shape index (κ2) is 10.2. The quantitative estimate of drug-likeness (QED) is 0.274. The number of hydrogen-bond acceptors (Lipinski definition) is 9. The molecule has 1 aromatic rings. The zero-order chi connectivity index (χ0) is 31.0. The van der Waals surface area contributed by atoms with Gasteiger partial charge in [-0.15, -0.1) is 0 Å². The van der Waals surface area contributed by atoms with E-state index in [1.807, 2.05) is 0 Å². The van der Waals surface area contributed by atoms with Gasteiger partial charge in [-0.05, 0) is 93.5 Å². The van der Waals surface area contributed by atoms with Crippen LogP contribution in [-0.4, -0.2) is 75.0 Å². The zero-order valence-corrected chi connectivity index (χ0v) is 28.0. The molecule has 4 atom stereocenters. The normalized spacial score (nSPS) is 30.0. The van der Waals surface area contributed by atoms with Crippen LogP contribution in [0.15, 0.2) is 24.0 Å². The van der Waals surface area contributed by atoms with Crippen molar-refractivity contribution in [1.82, 2.24) is 4.90 Å². The third kappa shape index (κ3) is 5.07. The molecule has 1 aliphatic carbocycles. The molecule has 10 heteroatoms. The van der Waals surface area contributed by atoms with Gasteiger partial charge in [-0.2, -0.15) is 0 Å². The van der Waals surface area contributed by atoms with Gasteiger partial charge in [0.25, 0.3) is 0 Å². The standard InChI is InChI=1S/C33H47NO8Si/c1-30(2,3)43(7,8)42-31(4,5)12-13-33(19-26(35)41-33)29(36)40-28-25(37-6)18-32-11-9-14-34(32)15-10-21-16-23-24(39-20-38-23)17-22(21)27(28)32/h16-18,27-28H,9-15,19-20H2,1-8H3/t27-,28-,32+,33-/m1/s1. The number of carbonyl (C=O) groups excluding carboxylic acids is 2. The summed E-state index contributed by atoms with van der Waals surface area (Å²) in [6, 6.07) is 4.15. The van der Waals surface area contributed by atoms with Crippen molar-refractivity contribution in [2.45, 2.75) is 120 Å². The lowest BCUT2D eigenvalue weighted by atomic mass is 9.77. The molecule has 6 rings (SSSR count). The molecule has 1 spiro atoms. The Morgan fingerprint density at radius 3 is 2.47 bits per heavy atom. The van der Waals surface area contributed by atoms with Crippen LogP contribution in [0.4, 0.5) is 0 Å². The number of fused-ring (bicyclic) bond motifs is 3. The van der Waals surface area contributed by atoms with Crippen molar-refractivity contribution >= 4 is 20.3 Å². The summed E-state index contributed by atoms with van der Waals surface area (Å²) in [7, 11) is -0.431. The zero-order valence-electron chi connectivity index (χ0n) is 27.0. The van der Waals surface area contributed by atoms with Crippen LogP contribution in [0.2, 0.25) is 18.1 Å². The fraction of sp³-hybridized carbons (Fsp3) is 0.697. The van der Waals surface area contributed by atoms with Crippen molar-refractivity contribution in [2.75, 3.05) is 27.0 Å². The molecule has 2 fully saturated rings. The summed E-state index contributed by atoms with van der Waals surface area (Å²) in [5.41, 5.74) is 0.0951. The van der Waals surface area contributed by atoms with E-state index in [-0.39, 0.29) is 35.7 Å². The molecule has 0 bridgehead atoms. The van der Waals surface area contributed by atoms with E-state index in [1.54, 1.807) is 7.11 Å². The van der Waals surface area contributed by atoms with Crippen LogP contribution in [-0.2, 0) is 34.6 Å². The number of carbonyl (C=O) groups is 2. The summed E-state index contributed by atoms with van der Waals surface area (Å²) < 4.78 is 36.3. The predicted molar refractivity (Wildman–Crippen MR) is 163 cm³/mol. The minimum atomic E-state index is -2.06. The van der Waals surface area contributed by atoms with Crippen molar-refractivity contribution in [3.8, 4) is 11.5 Å². The lowest BCUT2D eigenvalue weighted by Gasteiger charge is -2.45. The maximum absolute atomic E-state index is 14.1. The minimum absolute atomic E-state index is 0.00202. The molecule has 0 unspecified atom stereocenters. The number of hydrogen-bond donors (Lipinski definition) is 0. The van der Waals surface area contributed by atoms with Gasteiger partial charge < -0.3 is 28.1 Å². The van der Waals surface area contributed by atoms with Crippen LogP contribution in [0.25, 0.3) is 0 Å². The van der Waals surface area contributed by atoms with E-state index in [1.165, 1.54) is 5.56 Å². The van der Waals surface area contributed by atoms with Gasteiger partial charge in [0, 0.05) is 13.0 Å². The monoisotopic (exact) mass is 613 g/mol. The van der Waals surface area contributed by atoms with Gasteiger partial charge in [0.05, 0.1) is 30.6 Å².